The molecule has 2 aromatic carbocycles. The van der Waals surface area contributed by atoms with Crippen LogP contribution in [0.2, 0.25) is 0 Å². The summed E-state index contributed by atoms with van der Waals surface area (Å²) >= 11 is 3.52. The Kier molecular flexibility index (Phi) is 6.49. The van der Waals surface area contributed by atoms with Crippen molar-refractivity contribution in [3.63, 3.8) is 0 Å². The van der Waals surface area contributed by atoms with Gasteiger partial charge >= 0.3 is 5.97 Å². The molecule has 0 spiro atoms. The first-order valence-corrected chi connectivity index (χ1v) is 8.41. The van der Waals surface area contributed by atoms with Crippen LogP contribution in [-0.2, 0) is 6.54 Å². The molecule has 128 valence electrons. The molecule has 0 bridgehead atoms. The number of aromatic carboxylic acids is 1. The van der Waals surface area contributed by atoms with Crippen molar-refractivity contribution in [2.45, 2.75) is 19.9 Å². The second-order valence-electron chi connectivity index (χ2n) is 5.20. The fraction of sp³-hybridized carbons (Fsp3) is 0.278. The van der Waals surface area contributed by atoms with Gasteiger partial charge in [0.2, 0.25) is 0 Å². The highest BCUT2D eigenvalue weighted by atomic mass is 79.9. The lowest BCUT2D eigenvalue weighted by Gasteiger charge is -2.15. The fourth-order valence-electron chi connectivity index (χ4n) is 2.19. The zero-order valence-corrected chi connectivity index (χ0v) is 15.2. The SMILES string of the molecule is CCCOc1c(Br)cc(CNc2cccc(C(=O)O)c2)cc1OC. The van der Waals surface area contributed by atoms with Crippen molar-refractivity contribution >= 4 is 27.6 Å². The minimum Gasteiger partial charge on any atom is -0.493 e. The second-order valence-corrected chi connectivity index (χ2v) is 6.05. The monoisotopic (exact) mass is 393 g/mol. The maximum Gasteiger partial charge on any atom is 0.335 e. The molecule has 0 heterocycles. The lowest BCUT2D eigenvalue weighted by Crippen LogP contribution is -2.04. The Hall–Kier alpha value is -2.21. The molecular formula is C18H20BrNO4. The van der Waals surface area contributed by atoms with Crippen molar-refractivity contribution in [3.8, 4) is 11.5 Å². The summed E-state index contributed by atoms with van der Waals surface area (Å²) in [7, 11) is 1.61. The Morgan fingerprint density at radius 2 is 2.08 bits per heavy atom. The van der Waals surface area contributed by atoms with E-state index in [2.05, 4.69) is 21.2 Å². The molecule has 0 atom stereocenters. The van der Waals surface area contributed by atoms with Gasteiger partial charge in [-0.1, -0.05) is 13.0 Å². The minimum atomic E-state index is -0.944. The van der Waals surface area contributed by atoms with E-state index in [1.165, 1.54) is 0 Å². The summed E-state index contributed by atoms with van der Waals surface area (Å²) in [5.74, 6) is 0.408. The third kappa shape index (κ3) is 4.64. The molecule has 2 rings (SSSR count). The largest absolute Gasteiger partial charge is 0.493 e. The third-order valence-corrected chi connectivity index (χ3v) is 3.93. The highest BCUT2D eigenvalue weighted by Gasteiger charge is 2.11. The number of rotatable bonds is 8. The molecule has 0 saturated heterocycles. The predicted molar refractivity (Wildman–Crippen MR) is 97.2 cm³/mol. The van der Waals surface area contributed by atoms with Crippen molar-refractivity contribution in [1.29, 1.82) is 0 Å². The van der Waals surface area contributed by atoms with Crippen LogP contribution < -0.4 is 14.8 Å². The molecule has 0 radical (unpaired) electrons. The van der Waals surface area contributed by atoms with Gasteiger partial charge in [0.25, 0.3) is 0 Å². The quantitative estimate of drug-likeness (QED) is 0.687. The van der Waals surface area contributed by atoms with Crippen LogP contribution in [0, 0.1) is 0 Å². The molecule has 6 heteroatoms. The van der Waals surface area contributed by atoms with E-state index in [1.54, 1.807) is 25.3 Å². The van der Waals surface area contributed by atoms with E-state index >= 15 is 0 Å². The number of nitrogens with one attached hydrogen (secondary N) is 1. The van der Waals surface area contributed by atoms with E-state index in [4.69, 9.17) is 14.6 Å². The molecule has 0 saturated carbocycles. The standard InChI is InChI=1S/C18H20BrNO4/c1-3-7-24-17-15(19)8-12(9-16(17)23-2)11-20-14-6-4-5-13(10-14)18(21)22/h4-6,8-10,20H,3,7,11H2,1-2H3,(H,21,22). The van der Waals surface area contributed by atoms with Gasteiger partial charge in [0, 0.05) is 12.2 Å². The normalized spacial score (nSPS) is 10.3. The van der Waals surface area contributed by atoms with E-state index in [1.807, 2.05) is 25.1 Å². The van der Waals surface area contributed by atoms with Gasteiger partial charge in [0.1, 0.15) is 0 Å². The van der Waals surface area contributed by atoms with Crippen LogP contribution in [0.3, 0.4) is 0 Å². The zero-order valence-electron chi connectivity index (χ0n) is 13.6. The number of methoxy groups -OCH3 is 1. The maximum absolute atomic E-state index is 11.0. The van der Waals surface area contributed by atoms with Crippen LogP contribution in [-0.4, -0.2) is 24.8 Å². The Morgan fingerprint density at radius 1 is 1.29 bits per heavy atom. The maximum atomic E-state index is 11.0. The first-order valence-electron chi connectivity index (χ1n) is 7.61. The second kappa shape index (κ2) is 8.59. The molecule has 24 heavy (non-hydrogen) atoms. The average molecular weight is 394 g/mol. The van der Waals surface area contributed by atoms with Gasteiger partial charge in [-0.25, -0.2) is 4.79 Å². The smallest absolute Gasteiger partial charge is 0.335 e. The van der Waals surface area contributed by atoms with E-state index in [0.29, 0.717) is 24.7 Å². The number of anilines is 1. The van der Waals surface area contributed by atoms with E-state index in [9.17, 15) is 4.79 Å². The van der Waals surface area contributed by atoms with Crippen LogP contribution in [0.5, 0.6) is 11.5 Å². The molecule has 0 amide bonds. The number of carboxylic acids is 1. The summed E-state index contributed by atoms with van der Waals surface area (Å²) in [5.41, 5.74) is 1.99. The van der Waals surface area contributed by atoms with Crippen LogP contribution in [0.1, 0.15) is 29.3 Å². The van der Waals surface area contributed by atoms with Gasteiger partial charge < -0.3 is 19.9 Å². The topological polar surface area (TPSA) is 67.8 Å². The fourth-order valence-corrected chi connectivity index (χ4v) is 2.79. The number of hydrogen-bond acceptors (Lipinski definition) is 4. The summed E-state index contributed by atoms with van der Waals surface area (Å²) in [4.78, 5) is 11.0. The molecule has 0 unspecified atom stereocenters. The molecular weight excluding hydrogens is 374 g/mol. The first kappa shape index (κ1) is 18.1. The Labute approximate surface area is 149 Å². The minimum absolute atomic E-state index is 0.252. The van der Waals surface area contributed by atoms with Gasteiger partial charge in [-0.2, -0.15) is 0 Å². The molecule has 0 aromatic heterocycles. The van der Waals surface area contributed by atoms with Crippen molar-refractivity contribution in [3.05, 3.63) is 52.0 Å². The number of halogens is 1. The highest BCUT2D eigenvalue weighted by Crippen LogP contribution is 2.37. The number of carbonyl (C=O) groups is 1. The summed E-state index contributed by atoms with van der Waals surface area (Å²) in [6, 6.07) is 10.6. The van der Waals surface area contributed by atoms with Gasteiger partial charge in [-0.15, -0.1) is 0 Å². The van der Waals surface area contributed by atoms with Crippen molar-refractivity contribution in [1.82, 2.24) is 0 Å². The van der Waals surface area contributed by atoms with Crippen molar-refractivity contribution in [2.75, 3.05) is 19.0 Å². The van der Waals surface area contributed by atoms with E-state index in [-0.39, 0.29) is 5.56 Å². The number of hydrogen-bond donors (Lipinski definition) is 2. The molecule has 2 aromatic rings. The van der Waals surface area contributed by atoms with Crippen LogP contribution in [0.15, 0.2) is 40.9 Å². The lowest BCUT2D eigenvalue weighted by atomic mass is 10.1. The molecule has 0 aliphatic carbocycles. The first-order chi connectivity index (χ1) is 11.5. The average Bonchev–Trinajstić information content (AvgIpc) is 2.58. The Balaban J connectivity index is 2.14. The molecule has 0 fully saturated rings. The predicted octanol–water partition coefficient (Wildman–Crippen LogP) is 4.56. The molecule has 0 aliphatic heterocycles. The lowest BCUT2D eigenvalue weighted by molar-refractivity contribution is 0.0697. The Morgan fingerprint density at radius 3 is 2.75 bits per heavy atom. The van der Waals surface area contributed by atoms with Gasteiger partial charge in [-0.3, -0.25) is 0 Å². The van der Waals surface area contributed by atoms with Gasteiger partial charge in [0.05, 0.1) is 23.8 Å². The summed E-state index contributed by atoms with van der Waals surface area (Å²) in [6.07, 6.45) is 0.915. The number of benzene rings is 2. The summed E-state index contributed by atoms with van der Waals surface area (Å²) in [5, 5.41) is 12.3. The molecule has 5 nitrogen and oxygen atoms in total. The number of ether oxygens (including phenoxy) is 2. The van der Waals surface area contributed by atoms with Crippen LogP contribution in [0.4, 0.5) is 5.69 Å². The highest BCUT2D eigenvalue weighted by molar-refractivity contribution is 9.10. The van der Waals surface area contributed by atoms with Gasteiger partial charge in [-0.05, 0) is 58.2 Å². The molecule has 0 aliphatic rings. The van der Waals surface area contributed by atoms with E-state index < -0.39 is 5.97 Å². The van der Waals surface area contributed by atoms with Gasteiger partial charge in [0.15, 0.2) is 11.5 Å². The Bertz CT molecular complexity index is 718. The van der Waals surface area contributed by atoms with E-state index in [0.717, 1.165) is 22.1 Å². The third-order valence-electron chi connectivity index (χ3n) is 3.35. The summed E-state index contributed by atoms with van der Waals surface area (Å²) < 4.78 is 11.9. The zero-order chi connectivity index (χ0) is 17.5. The molecule has 2 N–H and O–H groups in total. The van der Waals surface area contributed by atoms with Crippen LogP contribution in [0.25, 0.3) is 0 Å². The number of carboxylic acid groups (broad SMARTS) is 1. The van der Waals surface area contributed by atoms with Crippen LogP contribution >= 0.6 is 15.9 Å². The van der Waals surface area contributed by atoms with Crippen molar-refractivity contribution in [2.24, 2.45) is 0 Å². The summed E-state index contributed by atoms with van der Waals surface area (Å²) in [6.45, 7) is 3.20. The van der Waals surface area contributed by atoms with Crippen molar-refractivity contribution < 1.29 is 19.4 Å².